The maximum atomic E-state index is 12.6. The number of carboxylic acid groups (broad SMARTS) is 1. The summed E-state index contributed by atoms with van der Waals surface area (Å²) in [5, 5.41) is 8.93. The van der Waals surface area contributed by atoms with Crippen LogP contribution in [-0.2, 0) is 22.2 Å². The van der Waals surface area contributed by atoms with E-state index >= 15 is 0 Å². The highest BCUT2D eigenvalue weighted by Crippen LogP contribution is 2.25. The minimum atomic E-state index is -3.30. The molecule has 5 nitrogen and oxygen atoms in total. The van der Waals surface area contributed by atoms with E-state index < -0.39 is 16.0 Å². The van der Waals surface area contributed by atoms with Crippen LogP contribution in [0.25, 0.3) is 0 Å². The van der Waals surface area contributed by atoms with Gasteiger partial charge in [0.25, 0.3) is 0 Å². The monoisotopic (exact) mass is 359 g/mol. The molecule has 1 aliphatic heterocycles. The predicted molar refractivity (Wildman–Crippen MR) is 95.9 cm³/mol. The number of hydrogen-bond donors (Lipinski definition) is 1. The smallest absolute Gasteiger partial charge is 0.335 e. The highest BCUT2D eigenvalue weighted by Gasteiger charge is 2.31. The fraction of sp³-hybridized carbons (Fsp3) is 0.316. The molecule has 0 aromatic heterocycles. The highest BCUT2D eigenvalue weighted by molar-refractivity contribution is 7.88. The molecule has 0 saturated carbocycles. The molecule has 1 heterocycles. The summed E-state index contributed by atoms with van der Waals surface area (Å²) in [6.45, 7) is 1.07. The van der Waals surface area contributed by atoms with Crippen LogP contribution in [0.3, 0.4) is 0 Å². The lowest BCUT2D eigenvalue weighted by molar-refractivity contribution is 0.0697. The van der Waals surface area contributed by atoms with Crippen molar-refractivity contribution in [1.82, 2.24) is 4.31 Å². The second-order valence-corrected chi connectivity index (χ2v) is 8.43. The molecule has 1 aliphatic rings. The lowest BCUT2D eigenvalue weighted by atomic mass is 9.98. The van der Waals surface area contributed by atoms with Crippen molar-refractivity contribution < 1.29 is 18.3 Å². The SMILES string of the molecule is O=C(O)c1ccc(CC2CCN(S(=O)(=O)Cc3ccccc3)C2)cc1. The Bertz CT molecular complexity index is 831. The van der Waals surface area contributed by atoms with Gasteiger partial charge in [0, 0.05) is 13.1 Å². The zero-order valence-electron chi connectivity index (χ0n) is 13.8. The van der Waals surface area contributed by atoms with Gasteiger partial charge in [0.05, 0.1) is 11.3 Å². The average molecular weight is 359 g/mol. The van der Waals surface area contributed by atoms with E-state index in [0.29, 0.717) is 13.1 Å². The number of rotatable bonds is 6. The molecule has 3 rings (SSSR count). The highest BCUT2D eigenvalue weighted by atomic mass is 32.2. The van der Waals surface area contributed by atoms with Crippen molar-refractivity contribution in [3.05, 3.63) is 71.3 Å². The van der Waals surface area contributed by atoms with Gasteiger partial charge in [0.1, 0.15) is 0 Å². The van der Waals surface area contributed by atoms with Crippen LogP contribution in [0, 0.1) is 5.92 Å². The number of nitrogens with zero attached hydrogens (tertiary/aromatic N) is 1. The fourth-order valence-corrected chi connectivity index (χ4v) is 4.83. The molecule has 1 atom stereocenters. The molecule has 1 saturated heterocycles. The lowest BCUT2D eigenvalue weighted by Crippen LogP contribution is -2.30. The van der Waals surface area contributed by atoms with Crippen LogP contribution in [0.4, 0.5) is 0 Å². The predicted octanol–water partition coefficient (Wildman–Crippen LogP) is 2.78. The van der Waals surface area contributed by atoms with E-state index in [2.05, 4.69) is 0 Å². The van der Waals surface area contributed by atoms with Gasteiger partial charge >= 0.3 is 5.97 Å². The number of carboxylic acids is 1. The van der Waals surface area contributed by atoms with E-state index in [9.17, 15) is 13.2 Å². The molecule has 1 fully saturated rings. The summed E-state index contributed by atoms with van der Waals surface area (Å²) in [6.07, 6.45) is 1.59. The summed E-state index contributed by atoms with van der Waals surface area (Å²) in [5.74, 6) is -0.639. The van der Waals surface area contributed by atoms with Crippen molar-refractivity contribution >= 4 is 16.0 Å². The zero-order chi connectivity index (χ0) is 17.9. The second kappa shape index (κ2) is 7.37. The number of aromatic carboxylic acids is 1. The minimum absolute atomic E-state index is 0.0356. The summed E-state index contributed by atoms with van der Waals surface area (Å²) >= 11 is 0. The summed E-state index contributed by atoms with van der Waals surface area (Å²) in [5.41, 5.74) is 2.11. The van der Waals surface area contributed by atoms with Gasteiger partial charge in [-0.3, -0.25) is 0 Å². The third kappa shape index (κ3) is 4.46. The van der Waals surface area contributed by atoms with Crippen molar-refractivity contribution in [2.45, 2.75) is 18.6 Å². The Labute approximate surface area is 148 Å². The molecule has 0 amide bonds. The maximum Gasteiger partial charge on any atom is 0.335 e. The van der Waals surface area contributed by atoms with Crippen LogP contribution in [-0.4, -0.2) is 36.9 Å². The van der Waals surface area contributed by atoms with Gasteiger partial charge in [-0.25, -0.2) is 17.5 Å². The molecule has 1 unspecified atom stereocenters. The molecule has 2 aromatic carbocycles. The van der Waals surface area contributed by atoms with E-state index in [1.165, 1.54) is 0 Å². The molecule has 132 valence electrons. The number of carbonyl (C=O) groups is 1. The third-order valence-electron chi connectivity index (χ3n) is 4.56. The zero-order valence-corrected chi connectivity index (χ0v) is 14.7. The first-order valence-electron chi connectivity index (χ1n) is 8.28. The summed E-state index contributed by atoms with van der Waals surface area (Å²) in [6, 6.07) is 16.0. The molecule has 0 spiro atoms. The average Bonchev–Trinajstić information content (AvgIpc) is 3.05. The summed E-state index contributed by atoms with van der Waals surface area (Å²) in [4.78, 5) is 10.9. The van der Waals surface area contributed by atoms with Gasteiger partial charge in [-0.1, -0.05) is 42.5 Å². The van der Waals surface area contributed by atoms with Crippen molar-refractivity contribution in [2.75, 3.05) is 13.1 Å². The van der Waals surface area contributed by atoms with Gasteiger partial charge in [-0.15, -0.1) is 0 Å². The molecule has 25 heavy (non-hydrogen) atoms. The summed E-state index contributed by atoms with van der Waals surface area (Å²) in [7, 11) is -3.30. The first-order valence-corrected chi connectivity index (χ1v) is 9.89. The largest absolute Gasteiger partial charge is 0.478 e. The first kappa shape index (κ1) is 17.6. The van der Waals surface area contributed by atoms with Gasteiger partial charge in [-0.2, -0.15) is 0 Å². The van der Waals surface area contributed by atoms with Crippen LogP contribution in [0.2, 0.25) is 0 Å². The van der Waals surface area contributed by atoms with Crippen molar-refractivity contribution in [2.24, 2.45) is 5.92 Å². The third-order valence-corrected chi connectivity index (χ3v) is 6.38. The Morgan fingerprint density at radius 3 is 2.36 bits per heavy atom. The van der Waals surface area contributed by atoms with Crippen molar-refractivity contribution in [1.29, 1.82) is 0 Å². The van der Waals surface area contributed by atoms with Gasteiger partial charge in [-0.05, 0) is 42.0 Å². The van der Waals surface area contributed by atoms with Gasteiger partial charge in [0.15, 0.2) is 0 Å². The molecule has 6 heteroatoms. The Balaban J connectivity index is 1.60. The van der Waals surface area contributed by atoms with Gasteiger partial charge < -0.3 is 5.11 Å². The first-order chi connectivity index (χ1) is 11.9. The molecule has 1 N–H and O–H groups in total. The standard InChI is InChI=1S/C19H21NO4S/c21-19(22)18-8-6-15(7-9-18)12-17-10-11-20(13-17)25(23,24)14-16-4-2-1-3-5-16/h1-9,17H,10-14H2,(H,21,22). The second-order valence-electron chi connectivity index (χ2n) is 6.46. The quantitative estimate of drug-likeness (QED) is 0.861. The van der Waals surface area contributed by atoms with E-state index in [1.807, 2.05) is 42.5 Å². The van der Waals surface area contributed by atoms with Crippen molar-refractivity contribution in [3.8, 4) is 0 Å². The number of hydrogen-bond acceptors (Lipinski definition) is 3. The lowest BCUT2D eigenvalue weighted by Gasteiger charge is -2.17. The van der Waals surface area contributed by atoms with E-state index in [-0.39, 0.29) is 17.2 Å². The Morgan fingerprint density at radius 1 is 1.04 bits per heavy atom. The molecule has 0 radical (unpaired) electrons. The Kier molecular flexibility index (Phi) is 5.20. The summed E-state index contributed by atoms with van der Waals surface area (Å²) < 4.78 is 26.7. The Hall–Kier alpha value is -2.18. The van der Waals surface area contributed by atoms with E-state index in [1.54, 1.807) is 16.4 Å². The molecule has 0 bridgehead atoms. The van der Waals surface area contributed by atoms with Crippen LogP contribution >= 0.6 is 0 Å². The molecular weight excluding hydrogens is 338 g/mol. The molecular formula is C19H21NO4S. The number of sulfonamides is 1. The van der Waals surface area contributed by atoms with Crippen LogP contribution < -0.4 is 0 Å². The van der Waals surface area contributed by atoms with Crippen LogP contribution in [0.15, 0.2) is 54.6 Å². The maximum absolute atomic E-state index is 12.6. The number of benzene rings is 2. The Morgan fingerprint density at radius 2 is 1.72 bits per heavy atom. The van der Waals surface area contributed by atoms with Gasteiger partial charge in [0.2, 0.25) is 10.0 Å². The van der Waals surface area contributed by atoms with E-state index in [4.69, 9.17) is 5.11 Å². The van der Waals surface area contributed by atoms with Crippen molar-refractivity contribution in [3.63, 3.8) is 0 Å². The van der Waals surface area contributed by atoms with E-state index in [0.717, 1.165) is 24.0 Å². The topological polar surface area (TPSA) is 74.7 Å². The minimum Gasteiger partial charge on any atom is -0.478 e. The van der Waals surface area contributed by atoms with Crippen LogP contribution in [0.1, 0.15) is 27.9 Å². The molecule has 2 aromatic rings. The normalized spacial score (nSPS) is 18.3. The fourth-order valence-electron chi connectivity index (χ4n) is 3.21. The molecule has 0 aliphatic carbocycles. The van der Waals surface area contributed by atoms with Crippen LogP contribution in [0.5, 0.6) is 0 Å².